The van der Waals surface area contributed by atoms with Gasteiger partial charge >= 0.3 is 11.7 Å². The molecule has 0 aliphatic rings. The molecule has 1 unspecified atom stereocenters. The molecule has 17 heavy (non-hydrogen) atoms. The second-order valence-electron chi connectivity index (χ2n) is 3.96. The van der Waals surface area contributed by atoms with Crippen molar-refractivity contribution in [1.82, 2.24) is 9.97 Å². The van der Waals surface area contributed by atoms with Crippen LogP contribution in [0.2, 0.25) is 0 Å². The lowest BCUT2D eigenvalue weighted by Crippen LogP contribution is -2.19. The Morgan fingerprint density at radius 3 is 2.82 bits per heavy atom. The zero-order valence-corrected chi connectivity index (χ0v) is 9.28. The Hall–Kier alpha value is -2.24. The minimum Gasteiger partial charge on any atom is -0.481 e. The molecule has 6 heteroatoms. The van der Waals surface area contributed by atoms with Crippen LogP contribution >= 0.6 is 0 Å². The van der Waals surface area contributed by atoms with Crippen molar-refractivity contribution in [3.05, 3.63) is 28.7 Å². The molecule has 1 aromatic carbocycles. The molecule has 1 aromatic heterocycles. The van der Waals surface area contributed by atoms with Gasteiger partial charge in [0.15, 0.2) is 0 Å². The summed E-state index contributed by atoms with van der Waals surface area (Å²) in [7, 11) is 0. The largest absolute Gasteiger partial charge is 0.481 e. The van der Waals surface area contributed by atoms with E-state index in [1.165, 1.54) is 0 Å². The Morgan fingerprint density at radius 2 is 2.12 bits per heavy atom. The molecule has 0 aliphatic carbocycles. The first-order valence-corrected chi connectivity index (χ1v) is 5.25. The molecule has 1 heterocycles. The molecule has 0 radical (unpaired) electrons. The summed E-state index contributed by atoms with van der Waals surface area (Å²) in [6, 6.07) is 5.32. The molecule has 0 saturated heterocycles. The molecule has 6 nitrogen and oxygen atoms in total. The molecule has 0 aliphatic heterocycles. The van der Waals surface area contributed by atoms with Crippen molar-refractivity contribution in [1.29, 1.82) is 0 Å². The minimum absolute atomic E-state index is 0.254. The summed E-state index contributed by atoms with van der Waals surface area (Å²) in [6.07, 6.45) is 0. The summed E-state index contributed by atoms with van der Waals surface area (Å²) < 4.78 is 0. The first kappa shape index (κ1) is 11.3. The van der Waals surface area contributed by atoms with Gasteiger partial charge in [-0.05, 0) is 18.2 Å². The van der Waals surface area contributed by atoms with Gasteiger partial charge in [-0.3, -0.25) is 4.79 Å². The molecule has 0 saturated carbocycles. The summed E-state index contributed by atoms with van der Waals surface area (Å²) in [6.45, 7) is 1.97. The molecule has 4 N–H and O–H groups in total. The van der Waals surface area contributed by atoms with Crippen LogP contribution in [0, 0.1) is 5.92 Å². The maximum Gasteiger partial charge on any atom is 0.323 e. The monoisotopic (exact) mass is 235 g/mol. The maximum absolute atomic E-state index is 11.0. The van der Waals surface area contributed by atoms with Crippen molar-refractivity contribution in [2.24, 2.45) is 5.92 Å². The van der Waals surface area contributed by atoms with Crippen LogP contribution in [0.4, 0.5) is 5.69 Å². The number of benzene rings is 1. The van der Waals surface area contributed by atoms with Gasteiger partial charge in [-0.2, -0.15) is 0 Å². The van der Waals surface area contributed by atoms with Crippen molar-refractivity contribution < 1.29 is 9.90 Å². The number of anilines is 1. The molecule has 0 bridgehead atoms. The van der Waals surface area contributed by atoms with Crippen LogP contribution in [0.5, 0.6) is 0 Å². The van der Waals surface area contributed by atoms with Crippen LogP contribution in [-0.4, -0.2) is 27.6 Å². The number of carboxylic acids is 1. The van der Waals surface area contributed by atoms with Gasteiger partial charge in [0, 0.05) is 12.2 Å². The third kappa shape index (κ3) is 2.47. The predicted octanol–water partition coefficient (Wildman–Crippen LogP) is 0.989. The molecular formula is C11H13N3O3. The minimum atomic E-state index is -0.839. The standard InChI is InChI=1S/C11H13N3O3/c1-6(10(15)16)5-12-7-2-3-8-9(4-7)14-11(17)13-8/h2-4,6,12H,5H2,1H3,(H,15,16)(H2,13,14,17). The number of aromatic amines is 2. The number of aliphatic carboxylic acids is 1. The van der Waals surface area contributed by atoms with E-state index in [4.69, 9.17) is 5.11 Å². The van der Waals surface area contributed by atoms with Crippen molar-refractivity contribution in [2.75, 3.05) is 11.9 Å². The highest BCUT2D eigenvalue weighted by atomic mass is 16.4. The third-order valence-electron chi connectivity index (χ3n) is 2.55. The summed E-state index contributed by atoms with van der Waals surface area (Å²) >= 11 is 0. The van der Waals surface area contributed by atoms with Crippen LogP contribution < -0.4 is 11.0 Å². The summed E-state index contributed by atoms with van der Waals surface area (Å²) in [5.41, 5.74) is 1.95. The number of carboxylic acid groups (broad SMARTS) is 1. The lowest BCUT2D eigenvalue weighted by atomic mass is 10.2. The predicted molar refractivity (Wildman–Crippen MR) is 64.2 cm³/mol. The molecule has 1 atom stereocenters. The highest BCUT2D eigenvalue weighted by Crippen LogP contribution is 2.14. The highest BCUT2D eigenvalue weighted by molar-refractivity contribution is 5.79. The Labute approximate surface area is 96.7 Å². The maximum atomic E-state index is 11.0. The van der Waals surface area contributed by atoms with E-state index < -0.39 is 11.9 Å². The fourth-order valence-electron chi connectivity index (χ4n) is 1.50. The molecular weight excluding hydrogens is 222 g/mol. The van der Waals surface area contributed by atoms with E-state index in [1.54, 1.807) is 25.1 Å². The smallest absolute Gasteiger partial charge is 0.323 e. The number of hydrogen-bond donors (Lipinski definition) is 4. The van der Waals surface area contributed by atoms with Crippen LogP contribution in [-0.2, 0) is 4.79 Å². The number of carbonyl (C=O) groups is 1. The first-order chi connectivity index (χ1) is 8.06. The Kier molecular flexibility index (Phi) is 2.86. The normalized spacial score (nSPS) is 12.5. The van der Waals surface area contributed by atoms with E-state index in [2.05, 4.69) is 15.3 Å². The Bertz CT molecular complexity index is 599. The van der Waals surface area contributed by atoms with Gasteiger partial charge in [0.1, 0.15) is 0 Å². The van der Waals surface area contributed by atoms with Gasteiger partial charge in [0.25, 0.3) is 0 Å². The van der Waals surface area contributed by atoms with E-state index in [0.717, 1.165) is 11.2 Å². The van der Waals surface area contributed by atoms with Crippen LogP contribution in [0.3, 0.4) is 0 Å². The number of fused-ring (bicyclic) bond motifs is 1. The quantitative estimate of drug-likeness (QED) is 0.635. The second kappa shape index (κ2) is 4.32. The molecule has 0 fully saturated rings. The molecule has 90 valence electrons. The van der Waals surface area contributed by atoms with E-state index in [0.29, 0.717) is 12.1 Å². The number of nitrogens with one attached hydrogen (secondary N) is 3. The lowest BCUT2D eigenvalue weighted by molar-refractivity contribution is -0.140. The number of aromatic nitrogens is 2. The average Bonchev–Trinajstić information content (AvgIpc) is 2.64. The fourth-order valence-corrected chi connectivity index (χ4v) is 1.50. The van der Waals surface area contributed by atoms with Crippen molar-refractivity contribution in [2.45, 2.75) is 6.92 Å². The Morgan fingerprint density at radius 1 is 1.41 bits per heavy atom. The van der Waals surface area contributed by atoms with Crippen LogP contribution in [0.15, 0.2) is 23.0 Å². The van der Waals surface area contributed by atoms with Crippen molar-refractivity contribution >= 4 is 22.7 Å². The molecule has 0 amide bonds. The van der Waals surface area contributed by atoms with Crippen molar-refractivity contribution in [3.63, 3.8) is 0 Å². The molecule has 0 spiro atoms. The Balaban J connectivity index is 2.14. The summed E-state index contributed by atoms with van der Waals surface area (Å²) in [4.78, 5) is 27.0. The van der Waals surface area contributed by atoms with Gasteiger partial charge in [0.05, 0.1) is 17.0 Å². The SMILES string of the molecule is CC(CNc1ccc2[nH]c(=O)[nH]c2c1)C(=O)O. The van der Waals surface area contributed by atoms with Gasteiger partial charge in [-0.1, -0.05) is 6.92 Å². The number of H-pyrrole nitrogens is 2. The number of hydrogen-bond acceptors (Lipinski definition) is 3. The first-order valence-electron chi connectivity index (χ1n) is 5.25. The average molecular weight is 235 g/mol. The van der Waals surface area contributed by atoms with E-state index in [9.17, 15) is 9.59 Å². The lowest BCUT2D eigenvalue weighted by Gasteiger charge is -2.09. The van der Waals surface area contributed by atoms with E-state index in [1.807, 2.05) is 0 Å². The van der Waals surface area contributed by atoms with Gasteiger partial charge in [-0.25, -0.2) is 4.79 Å². The van der Waals surface area contributed by atoms with E-state index >= 15 is 0 Å². The van der Waals surface area contributed by atoms with E-state index in [-0.39, 0.29) is 5.69 Å². The van der Waals surface area contributed by atoms with Crippen LogP contribution in [0.1, 0.15) is 6.92 Å². The second-order valence-corrected chi connectivity index (χ2v) is 3.96. The zero-order valence-electron chi connectivity index (χ0n) is 9.28. The number of rotatable bonds is 4. The number of imidazole rings is 1. The molecule has 2 aromatic rings. The van der Waals surface area contributed by atoms with Crippen molar-refractivity contribution in [3.8, 4) is 0 Å². The molecule has 2 rings (SSSR count). The fraction of sp³-hybridized carbons (Fsp3) is 0.273. The summed E-state index contributed by atoms with van der Waals surface area (Å²) in [5.74, 6) is -1.30. The topological polar surface area (TPSA) is 98.0 Å². The van der Waals surface area contributed by atoms with Crippen LogP contribution in [0.25, 0.3) is 11.0 Å². The third-order valence-corrected chi connectivity index (χ3v) is 2.55. The van der Waals surface area contributed by atoms with Gasteiger partial charge in [-0.15, -0.1) is 0 Å². The summed E-state index contributed by atoms with van der Waals surface area (Å²) in [5, 5.41) is 11.8. The highest BCUT2D eigenvalue weighted by Gasteiger charge is 2.10. The van der Waals surface area contributed by atoms with Gasteiger partial charge in [0.2, 0.25) is 0 Å². The van der Waals surface area contributed by atoms with Gasteiger partial charge < -0.3 is 20.4 Å². The zero-order chi connectivity index (χ0) is 12.4.